The molecule has 4 aromatic rings. The molecule has 0 bridgehead atoms. The lowest BCUT2D eigenvalue weighted by atomic mass is 9.92. The first-order valence-electron chi connectivity index (χ1n) is 20.3. The SMILES string of the molecule is CCCCCCOc1cc2c3cc(OCCCCCC)c(OCCCCCC)cc3c3c(OC)c(OC)c(OC)cc3c2cc1OCCCCCC. The van der Waals surface area contributed by atoms with Crippen molar-refractivity contribution in [3.8, 4) is 40.2 Å². The van der Waals surface area contributed by atoms with E-state index in [0.717, 1.165) is 107 Å². The van der Waals surface area contributed by atoms with Crippen molar-refractivity contribution in [1.82, 2.24) is 0 Å². The Morgan fingerprint density at radius 1 is 0.327 bits per heavy atom. The number of fused-ring (bicyclic) bond motifs is 6. The fraction of sp³-hybridized carbons (Fsp3) is 0.600. The molecule has 0 atom stereocenters. The molecule has 288 valence electrons. The topological polar surface area (TPSA) is 64.6 Å². The van der Waals surface area contributed by atoms with E-state index >= 15 is 0 Å². The number of hydrogen-bond donors (Lipinski definition) is 0. The lowest BCUT2D eigenvalue weighted by Crippen LogP contribution is -2.04. The number of rotatable bonds is 27. The molecular formula is C45H66O7. The minimum Gasteiger partial charge on any atom is -0.493 e. The van der Waals surface area contributed by atoms with Gasteiger partial charge in [0.15, 0.2) is 34.5 Å². The van der Waals surface area contributed by atoms with Crippen LogP contribution in [-0.2, 0) is 0 Å². The van der Waals surface area contributed by atoms with Gasteiger partial charge in [-0.3, -0.25) is 0 Å². The van der Waals surface area contributed by atoms with Crippen molar-refractivity contribution in [3.63, 3.8) is 0 Å². The smallest absolute Gasteiger partial charge is 0.203 e. The minimum absolute atomic E-state index is 0.552. The van der Waals surface area contributed by atoms with Gasteiger partial charge < -0.3 is 33.2 Å². The average molecular weight is 719 g/mol. The molecule has 52 heavy (non-hydrogen) atoms. The third kappa shape index (κ3) is 10.7. The Morgan fingerprint density at radius 3 is 0.942 bits per heavy atom. The fourth-order valence-electron chi connectivity index (χ4n) is 6.93. The summed E-state index contributed by atoms with van der Waals surface area (Å²) in [5.41, 5.74) is 0. The van der Waals surface area contributed by atoms with E-state index in [1.807, 2.05) is 0 Å². The van der Waals surface area contributed by atoms with Gasteiger partial charge in [-0.15, -0.1) is 0 Å². The molecule has 0 aliphatic heterocycles. The zero-order valence-electron chi connectivity index (χ0n) is 33.4. The second kappa shape index (κ2) is 22.4. The minimum atomic E-state index is 0.552. The van der Waals surface area contributed by atoms with Crippen molar-refractivity contribution in [2.75, 3.05) is 47.8 Å². The molecule has 7 heteroatoms. The van der Waals surface area contributed by atoms with Gasteiger partial charge in [0.05, 0.1) is 47.8 Å². The summed E-state index contributed by atoms with van der Waals surface area (Å²) in [5, 5.41) is 5.99. The Bertz CT molecular complexity index is 1660. The summed E-state index contributed by atoms with van der Waals surface area (Å²) < 4.78 is 44.1. The molecule has 0 radical (unpaired) electrons. The van der Waals surface area contributed by atoms with Crippen LogP contribution in [0.1, 0.15) is 130 Å². The lowest BCUT2D eigenvalue weighted by Gasteiger charge is -2.21. The summed E-state index contributed by atoms with van der Waals surface area (Å²) in [6.45, 7) is 11.5. The zero-order valence-corrected chi connectivity index (χ0v) is 33.4. The van der Waals surface area contributed by atoms with Gasteiger partial charge in [-0.25, -0.2) is 0 Å². The fourth-order valence-corrected chi connectivity index (χ4v) is 6.93. The van der Waals surface area contributed by atoms with E-state index in [1.165, 1.54) is 51.4 Å². The van der Waals surface area contributed by atoms with Crippen LogP contribution in [0.3, 0.4) is 0 Å². The van der Waals surface area contributed by atoms with E-state index in [9.17, 15) is 0 Å². The van der Waals surface area contributed by atoms with Crippen LogP contribution in [0.4, 0.5) is 0 Å². The molecule has 0 aliphatic carbocycles. The van der Waals surface area contributed by atoms with Crippen molar-refractivity contribution in [1.29, 1.82) is 0 Å². The molecule has 0 heterocycles. The Labute approximate surface area is 313 Å². The van der Waals surface area contributed by atoms with Crippen LogP contribution in [0.2, 0.25) is 0 Å². The number of ether oxygens (including phenoxy) is 7. The number of methoxy groups -OCH3 is 3. The quantitative estimate of drug-likeness (QED) is 0.0449. The van der Waals surface area contributed by atoms with Crippen molar-refractivity contribution in [2.24, 2.45) is 0 Å². The van der Waals surface area contributed by atoms with E-state index in [2.05, 4.69) is 58.0 Å². The first-order chi connectivity index (χ1) is 25.6. The first-order valence-corrected chi connectivity index (χ1v) is 20.3. The Hall–Kier alpha value is -3.74. The Balaban J connectivity index is 1.98. The molecule has 0 fully saturated rings. The second-order valence-corrected chi connectivity index (χ2v) is 13.9. The summed E-state index contributed by atoms with van der Waals surface area (Å²) >= 11 is 0. The molecule has 0 aliphatic rings. The van der Waals surface area contributed by atoms with Crippen LogP contribution >= 0.6 is 0 Å². The van der Waals surface area contributed by atoms with Gasteiger partial charge in [0, 0.05) is 5.39 Å². The largest absolute Gasteiger partial charge is 0.493 e. The highest BCUT2D eigenvalue weighted by Gasteiger charge is 2.24. The van der Waals surface area contributed by atoms with Crippen LogP contribution in [0, 0.1) is 0 Å². The number of benzene rings is 4. The van der Waals surface area contributed by atoms with Crippen molar-refractivity contribution in [3.05, 3.63) is 30.3 Å². The highest BCUT2D eigenvalue weighted by molar-refractivity contribution is 6.28. The molecule has 0 saturated heterocycles. The highest BCUT2D eigenvalue weighted by atomic mass is 16.5. The molecular weight excluding hydrogens is 652 g/mol. The average Bonchev–Trinajstić information content (AvgIpc) is 3.16. The number of hydrogen-bond acceptors (Lipinski definition) is 7. The standard InChI is InChI=1S/C45H66O7/c1-8-12-16-20-24-49-38-28-33-34-29-40(51-26-22-18-14-10-3)41(52-27-23-19-15-11-4)31-36(34)43-37(32-42(46-5)44(47-6)45(43)48-7)35(33)30-39(38)50-25-21-17-13-9-2/h28-32H,8-27H2,1-7H3. The first kappa shape index (κ1) is 41.0. The molecule has 0 spiro atoms. The molecule has 4 aromatic carbocycles. The van der Waals surface area contributed by atoms with E-state index < -0.39 is 0 Å². The highest BCUT2D eigenvalue weighted by Crippen LogP contribution is 2.52. The molecule has 0 aromatic heterocycles. The lowest BCUT2D eigenvalue weighted by molar-refractivity contribution is 0.259. The van der Waals surface area contributed by atoms with Gasteiger partial charge in [0.2, 0.25) is 5.75 Å². The molecule has 0 unspecified atom stereocenters. The maximum absolute atomic E-state index is 6.55. The predicted molar refractivity (Wildman–Crippen MR) is 217 cm³/mol. The Morgan fingerprint density at radius 2 is 0.635 bits per heavy atom. The third-order valence-corrected chi connectivity index (χ3v) is 9.87. The zero-order chi connectivity index (χ0) is 37.1. The van der Waals surface area contributed by atoms with Crippen LogP contribution in [0.25, 0.3) is 32.3 Å². The normalized spacial score (nSPS) is 11.4. The molecule has 0 saturated carbocycles. The van der Waals surface area contributed by atoms with Crippen molar-refractivity contribution in [2.45, 2.75) is 130 Å². The van der Waals surface area contributed by atoms with E-state index in [-0.39, 0.29) is 0 Å². The molecule has 7 nitrogen and oxygen atoms in total. The van der Waals surface area contributed by atoms with Crippen LogP contribution in [0.5, 0.6) is 40.2 Å². The van der Waals surface area contributed by atoms with Crippen LogP contribution in [0.15, 0.2) is 30.3 Å². The summed E-state index contributed by atoms with van der Waals surface area (Å²) in [7, 11) is 5.00. The maximum atomic E-state index is 6.55. The molecule has 0 amide bonds. The van der Waals surface area contributed by atoms with E-state index in [1.54, 1.807) is 21.3 Å². The summed E-state index contributed by atoms with van der Waals surface area (Å²) in [6.07, 6.45) is 18.1. The summed E-state index contributed by atoms with van der Waals surface area (Å²) in [4.78, 5) is 0. The van der Waals surface area contributed by atoms with Crippen molar-refractivity contribution < 1.29 is 33.2 Å². The third-order valence-electron chi connectivity index (χ3n) is 9.87. The predicted octanol–water partition coefficient (Wildman–Crippen LogP) is 13.0. The van der Waals surface area contributed by atoms with Crippen LogP contribution in [-0.4, -0.2) is 47.8 Å². The van der Waals surface area contributed by atoms with Gasteiger partial charge in [-0.2, -0.15) is 0 Å². The summed E-state index contributed by atoms with van der Waals surface area (Å²) in [6, 6.07) is 10.7. The maximum Gasteiger partial charge on any atom is 0.203 e. The molecule has 0 N–H and O–H groups in total. The van der Waals surface area contributed by atoms with Crippen molar-refractivity contribution >= 4 is 32.3 Å². The second-order valence-electron chi connectivity index (χ2n) is 13.9. The monoisotopic (exact) mass is 718 g/mol. The summed E-state index contributed by atoms with van der Waals surface area (Å²) in [5.74, 6) is 4.80. The van der Waals surface area contributed by atoms with E-state index in [0.29, 0.717) is 43.7 Å². The van der Waals surface area contributed by atoms with Crippen LogP contribution < -0.4 is 33.2 Å². The van der Waals surface area contributed by atoms with Gasteiger partial charge in [-0.05, 0) is 82.9 Å². The van der Waals surface area contributed by atoms with Gasteiger partial charge in [0.25, 0.3) is 0 Å². The number of unbranched alkanes of at least 4 members (excludes halogenated alkanes) is 12. The Kier molecular flexibility index (Phi) is 17.6. The van der Waals surface area contributed by atoms with Gasteiger partial charge in [0.1, 0.15) is 0 Å². The van der Waals surface area contributed by atoms with Gasteiger partial charge >= 0.3 is 0 Å². The van der Waals surface area contributed by atoms with E-state index in [4.69, 9.17) is 33.2 Å². The van der Waals surface area contributed by atoms with Gasteiger partial charge in [-0.1, -0.05) is 105 Å². The molecule has 4 rings (SSSR count).